The highest BCUT2D eigenvalue weighted by Gasteiger charge is 2.19. The van der Waals surface area contributed by atoms with Crippen molar-refractivity contribution in [2.75, 3.05) is 7.11 Å². The van der Waals surface area contributed by atoms with Crippen LogP contribution in [-0.2, 0) is 21.3 Å². The Kier molecular flexibility index (Phi) is 5.45. The number of hydrogen-bond acceptors (Lipinski definition) is 3. The number of carbonyl (C=O) groups is 1. The molecule has 0 saturated carbocycles. The molecule has 0 amide bonds. The summed E-state index contributed by atoms with van der Waals surface area (Å²) in [7, 11) is 1.26. The van der Waals surface area contributed by atoms with Crippen molar-refractivity contribution in [3.63, 3.8) is 0 Å². The minimum atomic E-state index is -2.61. The van der Waals surface area contributed by atoms with Gasteiger partial charge in [0, 0.05) is 9.80 Å². The van der Waals surface area contributed by atoms with Crippen molar-refractivity contribution in [1.82, 2.24) is 4.98 Å². The Morgan fingerprint density at radius 1 is 1.59 bits per heavy atom. The Labute approximate surface area is 114 Å². The van der Waals surface area contributed by atoms with Crippen LogP contribution in [0.2, 0.25) is 0 Å². The van der Waals surface area contributed by atoms with E-state index in [0.717, 1.165) is 0 Å². The molecule has 0 aliphatic heterocycles. The first-order valence-corrected chi connectivity index (χ1v) is 6.50. The summed E-state index contributed by atoms with van der Waals surface area (Å²) in [5.74, 6) is -0.463. The van der Waals surface area contributed by atoms with E-state index in [1.807, 2.05) is 0 Å². The minimum absolute atomic E-state index is 0.0430. The second-order valence-corrected chi connectivity index (χ2v) is 4.56. The minimum Gasteiger partial charge on any atom is -0.469 e. The first kappa shape index (κ1) is 14.5. The maximum Gasteiger partial charge on any atom is 0.311 e. The molecule has 0 aromatic carbocycles. The van der Waals surface area contributed by atoms with Gasteiger partial charge in [-0.05, 0) is 6.07 Å². The van der Waals surface area contributed by atoms with Crippen molar-refractivity contribution < 1.29 is 18.3 Å². The first-order valence-electron chi connectivity index (χ1n) is 4.58. The lowest BCUT2D eigenvalue weighted by Crippen LogP contribution is -2.09. The van der Waals surface area contributed by atoms with E-state index in [-0.39, 0.29) is 27.5 Å². The number of halogens is 4. The number of alkyl halides is 3. The monoisotopic (exact) mass is 371 g/mol. The fraction of sp³-hybridized carbons (Fsp3) is 0.400. The molecule has 0 aliphatic rings. The molecule has 94 valence electrons. The molecule has 0 saturated heterocycles. The first-order chi connectivity index (χ1) is 7.99. The maximum absolute atomic E-state index is 12.8. The zero-order valence-corrected chi connectivity index (χ0v) is 12.0. The van der Waals surface area contributed by atoms with Crippen LogP contribution in [0.4, 0.5) is 8.78 Å². The van der Waals surface area contributed by atoms with Crippen molar-refractivity contribution >= 4 is 37.8 Å². The molecule has 0 spiro atoms. The van der Waals surface area contributed by atoms with Crippen LogP contribution in [0.25, 0.3) is 0 Å². The highest BCUT2D eigenvalue weighted by molar-refractivity contribution is 9.10. The Hall–Kier alpha value is -0.560. The van der Waals surface area contributed by atoms with Gasteiger partial charge in [0.1, 0.15) is 0 Å². The molecule has 0 atom stereocenters. The summed E-state index contributed by atoms with van der Waals surface area (Å²) in [6.45, 7) is 0. The average Bonchev–Trinajstić information content (AvgIpc) is 2.27. The van der Waals surface area contributed by atoms with Crippen molar-refractivity contribution in [3.8, 4) is 0 Å². The molecule has 0 unspecified atom stereocenters. The van der Waals surface area contributed by atoms with Crippen molar-refractivity contribution in [2.24, 2.45) is 0 Å². The van der Waals surface area contributed by atoms with E-state index < -0.39 is 12.4 Å². The van der Waals surface area contributed by atoms with Crippen LogP contribution in [0.5, 0.6) is 0 Å². The van der Waals surface area contributed by atoms with E-state index in [4.69, 9.17) is 0 Å². The van der Waals surface area contributed by atoms with Crippen LogP contribution in [0.3, 0.4) is 0 Å². The van der Waals surface area contributed by atoms with Crippen LogP contribution in [0.1, 0.15) is 23.4 Å². The molecule has 1 rings (SSSR count). The molecule has 1 aromatic rings. The predicted molar refractivity (Wildman–Crippen MR) is 65.2 cm³/mol. The molecule has 0 aliphatic carbocycles. The third-order valence-corrected chi connectivity index (χ3v) is 3.23. The fourth-order valence-electron chi connectivity index (χ4n) is 1.27. The Balaban J connectivity index is 3.13. The van der Waals surface area contributed by atoms with Crippen LogP contribution >= 0.6 is 31.9 Å². The summed E-state index contributed by atoms with van der Waals surface area (Å²) in [5.41, 5.74) is 0.450. The summed E-state index contributed by atoms with van der Waals surface area (Å²) in [4.78, 5) is 15.1. The van der Waals surface area contributed by atoms with Gasteiger partial charge in [0.05, 0.1) is 30.5 Å². The highest BCUT2D eigenvalue weighted by Crippen LogP contribution is 2.31. The number of aromatic nitrogens is 1. The van der Waals surface area contributed by atoms with Gasteiger partial charge in [-0.3, -0.25) is 9.78 Å². The number of rotatable bonds is 4. The maximum atomic E-state index is 12.8. The van der Waals surface area contributed by atoms with Gasteiger partial charge in [0.2, 0.25) is 0 Å². The van der Waals surface area contributed by atoms with Gasteiger partial charge >= 0.3 is 5.97 Å². The third-order valence-electron chi connectivity index (χ3n) is 2.04. The van der Waals surface area contributed by atoms with E-state index in [2.05, 4.69) is 41.6 Å². The lowest BCUT2D eigenvalue weighted by Gasteiger charge is -2.10. The van der Waals surface area contributed by atoms with Crippen LogP contribution in [0.15, 0.2) is 10.5 Å². The SMILES string of the molecule is COC(=O)Cc1cc(Br)c(C(F)F)c(CBr)n1. The second kappa shape index (κ2) is 6.39. The lowest BCUT2D eigenvalue weighted by atomic mass is 10.1. The van der Waals surface area contributed by atoms with Crippen molar-refractivity contribution in [3.05, 3.63) is 27.5 Å². The van der Waals surface area contributed by atoms with Gasteiger partial charge in [-0.15, -0.1) is 0 Å². The number of pyridine rings is 1. The van der Waals surface area contributed by atoms with Gasteiger partial charge in [0.25, 0.3) is 6.43 Å². The number of nitrogens with zero attached hydrogens (tertiary/aromatic N) is 1. The van der Waals surface area contributed by atoms with Crippen molar-refractivity contribution in [1.29, 1.82) is 0 Å². The lowest BCUT2D eigenvalue weighted by molar-refractivity contribution is -0.139. The zero-order chi connectivity index (χ0) is 13.0. The summed E-state index contributed by atoms with van der Waals surface area (Å²) in [6, 6.07) is 1.41. The fourth-order valence-corrected chi connectivity index (χ4v) is 2.36. The molecule has 1 aromatic heterocycles. The largest absolute Gasteiger partial charge is 0.469 e. The van der Waals surface area contributed by atoms with E-state index in [1.54, 1.807) is 0 Å². The third kappa shape index (κ3) is 3.70. The van der Waals surface area contributed by atoms with Gasteiger partial charge < -0.3 is 4.74 Å². The number of ether oxygens (including phenoxy) is 1. The molecule has 17 heavy (non-hydrogen) atoms. The average molecular weight is 373 g/mol. The quantitative estimate of drug-likeness (QED) is 0.600. The molecule has 0 bridgehead atoms. The normalized spacial score (nSPS) is 10.7. The summed E-state index contributed by atoms with van der Waals surface area (Å²) in [6.07, 6.45) is -2.66. The summed E-state index contributed by atoms with van der Waals surface area (Å²) in [5, 5.41) is 0.195. The smallest absolute Gasteiger partial charge is 0.311 e. The summed E-state index contributed by atoms with van der Waals surface area (Å²) >= 11 is 6.15. The number of esters is 1. The second-order valence-electron chi connectivity index (χ2n) is 3.14. The number of carbonyl (C=O) groups excluding carboxylic acids is 1. The summed E-state index contributed by atoms with van der Waals surface area (Å²) < 4.78 is 30.2. The molecule has 7 heteroatoms. The van der Waals surface area contributed by atoms with E-state index >= 15 is 0 Å². The highest BCUT2D eigenvalue weighted by atomic mass is 79.9. The van der Waals surface area contributed by atoms with Crippen LogP contribution < -0.4 is 0 Å². The van der Waals surface area contributed by atoms with Gasteiger partial charge in [-0.1, -0.05) is 31.9 Å². The van der Waals surface area contributed by atoms with Crippen molar-refractivity contribution in [2.45, 2.75) is 18.2 Å². The van der Waals surface area contributed by atoms with Gasteiger partial charge in [-0.25, -0.2) is 8.78 Å². The molecular weight excluding hydrogens is 364 g/mol. The molecule has 1 heterocycles. The predicted octanol–water partition coefficient (Wildman–Crippen LogP) is 3.39. The Bertz CT molecular complexity index is 427. The standard InChI is InChI=1S/C10H9Br2F2NO2/c1-17-8(16)3-5-2-6(12)9(10(13)14)7(4-11)15-5/h2,10H,3-4H2,1H3. The number of hydrogen-bond donors (Lipinski definition) is 0. The Morgan fingerprint density at radius 2 is 2.24 bits per heavy atom. The zero-order valence-electron chi connectivity index (χ0n) is 8.84. The molecule has 0 fully saturated rings. The topological polar surface area (TPSA) is 39.2 Å². The molecule has 3 nitrogen and oxygen atoms in total. The van der Waals surface area contributed by atoms with Crippen LogP contribution in [0, 0.1) is 0 Å². The van der Waals surface area contributed by atoms with E-state index in [0.29, 0.717) is 5.69 Å². The van der Waals surface area contributed by atoms with Gasteiger partial charge in [-0.2, -0.15) is 0 Å². The molecule has 0 N–H and O–H groups in total. The number of methoxy groups -OCH3 is 1. The van der Waals surface area contributed by atoms with Gasteiger partial charge in [0.15, 0.2) is 0 Å². The van der Waals surface area contributed by atoms with E-state index in [1.165, 1.54) is 13.2 Å². The van der Waals surface area contributed by atoms with E-state index in [9.17, 15) is 13.6 Å². The van der Waals surface area contributed by atoms with Crippen LogP contribution in [-0.4, -0.2) is 18.1 Å². The Morgan fingerprint density at radius 3 is 2.71 bits per heavy atom. The molecule has 0 radical (unpaired) electrons. The molecular formula is C10H9Br2F2NO2.